The highest BCUT2D eigenvalue weighted by atomic mass is 32.1. The van der Waals surface area contributed by atoms with E-state index in [0.717, 1.165) is 28.3 Å². The molecule has 0 radical (unpaired) electrons. The number of methoxy groups -OCH3 is 1. The molecule has 4 aromatic rings. The number of hydrogen-bond donors (Lipinski definition) is 2. The van der Waals surface area contributed by atoms with Gasteiger partial charge >= 0.3 is 5.97 Å². The zero-order chi connectivity index (χ0) is 29.1. The molecular weight excluding hydrogens is 541 g/mol. The maximum absolute atomic E-state index is 13.3. The van der Waals surface area contributed by atoms with E-state index < -0.39 is 5.97 Å². The quantitative estimate of drug-likeness (QED) is 0.216. The third-order valence-corrected chi connectivity index (χ3v) is 7.57. The molecule has 2 N–H and O–H groups in total. The minimum atomic E-state index is -0.403. The molecule has 41 heavy (non-hydrogen) atoms. The smallest absolute Gasteiger partial charge is 0.337 e. The number of halogens is 1. The monoisotopic (exact) mass is 571 g/mol. The summed E-state index contributed by atoms with van der Waals surface area (Å²) < 4.78 is 20.3. The highest BCUT2D eigenvalue weighted by Crippen LogP contribution is 2.41. The Labute approximate surface area is 243 Å². The average molecular weight is 572 g/mol. The Morgan fingerprint density at radius 3 is 2.56 bits per heavy atom. The fourth-order valence-electron chi connectivity index (χ4n) is 5.34. The van der Waals surface area contributed by atoms with Crippen LogP contribution in [0.4, 0.5) is 10.1 Å². The molecule has 1 saturated heterocycles. The first kappa shape index (κ1) is 28.0. The van der Waals surface area contributed by atoms with Gasteiger partial charge in [0, 0.05) is 41.9 Å². The summed E-state index contributed by atoms with van der Waals surface area (Å²) in [5, 5.41) is 6.77. The molecule has 2 atom stereocenters. The summed E-state index contributed by atoms with van der Waals surface area (Å²) in [5.41, 5.74) is 5.63. The first-order valence-corrected chi connectivity index (χ1v) is 13.6. The van der Waals surface area contributed by atoms with Crippen molar-refractivity contribution in [2.24, 2.45) is 0 Å². The molecule has 1 aliphatic rings. The molecule has 1 aliphatic heterocycles. The normalized spacial score (nSPS) is 16.4. The summed E-state index contributed by atoms with van der Waals surface area (Å²) in [6, 6.07) is 20.3. The fraction of sp³-hybridized carbons (Fsp3) is 0.226. The Balaban J connectivity index is 1.48. The summed E-state index contributed by atoms with van der Waals surface area (Å²) in [4.78, 5) is 31.7. The predicted molar refractivity (Wildman–Crippen MR) is 158 cm³/mol. The van der Waals surface area contributed by atoms with Gasteiger partial charge in [-0.25, -0.2) is 9.18 Å². The van der Waals surface area contributed by atoms with Gasteiger partial charge in [-0.15, -0.1) is 0 Å². The van der Waals surface area contributed by atoms with Gasteiger partial charge < -0.3 is 24.8 Å². The highest BCUT2D eigenvalue weighted by molar-refractivity contribution is 7.80. The molecule has 5 rings (SSSR count). The lowest BCUT2D eigenvalue weighted by molar-refractivity contribution is -0.116. The molecule has 2 aromatic carbocycles. The average Bonchev–Trinajstić information content (AvgIpc) is 3.47. The molecule has 0 saturated carbocycles. The van der Waals surface area contributed by atoms with Gasteiger partial charge in [0.1, 0.15) is 5.82 Å². The topological polar surface area (TPSA) is 88.5 Å². The number of carbonyl (C=O) groups is 2. The molecule has 0 spiro atoms. The van der Waals surface area contributed by atoms with Crippen LogP contribution >= 0.6 is 12.2 Å². The lowest BCUT2D eigenvalue weighted by atomic mass is 9.96. The van der Waals surface area contributed by atoms with Crippen molar-refractivity contribution < 1.29 is 18.7 Å². The van der Waals surface area contributed by atoms with E-state index in [-0.39, 0.29) is 30.2 Å². The zero-order valence-electron chi connectivity index (χ0n) is 22.9. The van der Waals surface area contributed by atoms with Crippen LogP contribution < -0.4 is 10.6 Å². The molecule has 2 aromatic heterocycles. The second-order valence-electron chi connectivity index (χ2n) is 9.83. The first-order chi connectivity index (χ1) is 19.8. The lowest BCUT2D eigenvalue weighted by Crippen LogP contribution is -2.32. The number of esters is 1. The maximum Gasteiger partial charge on any atom is 0.337 e. The molecule has 1 fully saturated rings. The SMILES string of the molecule is COC(=O)c1cccc(-n2c(C)cc([C@@H]3[C@H](c4ccccn4)NC(=S)N3CCC(=O)Nc3ccc(F)cc3)c2C)c1. The number of thiocarbonyl (C=S) groups is 1. The Kier molecular flexibility index (Phi) is 8.11. The van der Waals surface area contributed by atoms with Crippen molar-refractivity contribution in [2.75, 3.05) is 19.0 Å². The number of aryl methyl sites for hydroxylation is 1. The van der Waals surface area contributed by atoms with Crippen LogP contribution in [0, 0.1) is 19.7 Å². The van der Waals surface area contributed by atoms with Crippen molar-refractivity contribution in [2.45, 2.75) is 32.4 Å². The molecule has 210 valence electrons. The van der Waals surface area contributed by atoms with E-state index in [1.165, 1.54) is 31.4 Å². The van der Waals surface area contributed by atoms with Crippen molar-refractivity contribution in [1.29, 1.82) is 0 Å². The molecule has 8 nitrogen and oxygen atoms in total. The van der Waals surface area contributed by atoms with Gasteiger partial charge in [-0.05, 0) is 92.3 Å². The number of benzene rings is 2. The fourth-order valence-corrected chi connectivity index (χ4v) is 5.67. The zero-order valence-corrected chi connectivity index (χ0v) is 23.7. The van der Waals surface area contributed by atoms with Crippen molar-refractivity contribution in [3.05, 3.63) is 113 Å². The van der Waals surface area contributed by atoms with E-state index in [0.29, 0.717) is 22.9 Å². The van der Waals surface area contributed by atoms with Crippen LogP contribution in [-0.2, 0) is 9.53 Å². The van der Waals surface area contributed by atoms with Crippen LogP contribution in [0.15, 0.2) is 79.0 Å². The predicted octanol–water partition coefficient (Wildman–Crippen LogP) is 5.42. The number of amides is 1. The number of aromatic nitrogens is 2. The van der Waals surface area contributed by atoms with Gasteiger partial charge in [0.25, 0.3) is 0 Å². The summed E-state index contributed by atoms with van der Waals surface area (Å²) >= 11 is 5.78. The number of anilines is 1. The van der Waals surface area contributed by atoms with Gasteiger partial charge in [-0.2, -0.15) is 0 Å². The van der Waals surface area contributed by atoms with Crippen molar-refractivity contribution in [3.63, 3.8) is 0 Å². The van der Waals surface area contributed by atoms with Gasteiger partial charge in [0.15, 0.2) is 5.11 Å². The van der Waals surface area contributed by atoms with Gasteiger partial charge in [0.05, 0.1) is 30.5 Å². The number of pyridine rings is 1. The number of nitrogens with one attached hydrogen (secondary N) is 2. The lowest BCUT2D eigenvalue weighted by Gasteiger charge is -2.28. The van der Waals surface area contributed by atoms with Gasteiger partial charge in [-0.3, -0.25) is 9.78 Å². The van der Waals surface area contributed by atoms with E-state index in [2.05, 4.69) is 26.3 Å². The minimum Gasteiger partial charge on any atom is -0.465 e. The molecular formula is C31H30FN5O3S. The van der Waals surface area contributed by atoms with Crippen LogP contribution in [0.1, 0.15) is 51.5 Å². The Morgan fingerprint density at radius 2 is 1.85 bits per heavy atom. The minimum absolute atomic E-state index is 0.171. The van der Waals surface area contributed by atoms with Crippen LogP contribution in [0.2, 0.25) is 0 Å². The Morgan fingerprint density at radius 1 is 1.07 bits per heavy atom. The Bertz CT molecular complexity index is 1590. The molecule has 10 heteroatoms. The number of rotatable bonds is 8. The number of nitrogens with zero attached hydrogens (tertiary/aromatic N) is 3. The van der Waals surface area contributed by atoms with E-state index in [9.17, 15) is 14.0 Å². The van der Waals surface area contributed by atoms with Crippen molar-refractivity contribution in [3.8, 4) is 5.69 Å². The van der Waals surface area contributed by atoms with E-state index in [4.69, 9.17) is 17.0 Å². The van der Waals surface area contributed by atoms with Gasteiger partial charge in [0.2, 0.25) is 5.91 Å². The Hall–Kier alpha value is -4.57. The third-order valence-electron chi connectivity index (χ3n) is 7.22. The van der Waals surface area contributed by atoms with Crippen LogP contribution in [0.25, 0.3) is 5.69 Å². The summed E-state index contributed by atoms with van der Waals surface area (Å²) in [6.45, 7) is 4.40. The van der Waals surface area contributed by atoms with Gasteiger partial charge in [-0.1, -0.05) is 12.1 Å². The standard InChI is InChI=1S/C31H30FN5O3S/c1-19-17-25(20(2)37(19)24-8-6-7-21(18-24)30(39)40-3)29-28(26-9-4-5-15-33-26)35-31(41)36(29)16-14-27(38)34-23-12-10-22(32)11-13-23/h4-13,15,17-18,28-29H,14,16H2,1-3H3,(H,34,38)(H,35,41)/t28-,29+/m0/s1. The molecule has 0 aliphatic carbocycles. The van der Waals surface area contributed by atoms with E-state index in [1.54, 1.807) is 18.3 Å². The summed E-state index contributed by atoms with van der Waals surface area (Å²) in [7, 11) is 1.36. The maximum atomic E-state index is 13.3. The summed E-state index contributed by atoms with van der Waals surface area (Å²) in [5.74, 6) is -0.973. The first-order valence-electron chi connectivity index (χ1n) is 13.2. The second kappa shape index (κ2) is 11.9. The number of ether oxygens (including phenoxy) is 1. The van der Waals surface area contributed by atoms with Crippen molar-refractivity contribution >= 4 is 34.9 Å². The number of hydrogen-bond acceptors (Lipinski definition) is 5. The second-order valence-corrected chi connectivity index (χ2v) is 10.2. The van der Waals surface area contributed by atoms with Crippen molar-refractivity contribution in [1.82, 2.24) is 19.8 Å². The molecule has 0 unspecified atom stereocenters. The highest BCUT2D eigenvalue weighted by Gasteiger charge is 2.41. The van der Waals surface area contributed by atoms with Crippen LogP contribution in [0.3, 0.4) is 0 Å². The molecule has 1 amide bonds. The largest absolute Gasteiger partial charge is 0.465 e. The third kappa shape index (κ3) is 5.83. The van der Waals surface area contributed by atoms with Crippen LogP contribution in [0.5, 0.6) is 0 Å². The molecule has 0 bridgehead atoms. The van der Waals surface area contributed by atoms with Crippen LogP contribution in [-0.4, -0.2) is 45.1 Å². The molecule has 3 heterocycles. The number of carbonyl (C=O) groups excluding carboxylic acids is 2. The van der Waals surface area contributed by atoms with E-state index >= 15 is 0 Å². The summed E-state index contributed by atoms with van der Waals surface area (Å²) in [6.07, 6.45) is 1.92. The van der Waals surface area contributed by atoms with E-state index in [1.807, 2.05) is 49.1 Å².